The number of methoxy groups -OCH3 is 1. The van der Waals surface area contributed by atoms with Gasteiger partial charge < -0.3 is 4.74 Å². The first-order valence-electron chi connectivity index (χ1n) is 5.46. The highest BCUT2D eigenvalue weighted by Gasteiger charge is 2.20. The highest BCUT2D eigenvalue weighted by molar-refractivity contribution is 9.11. The Kier molecular flexibility index (Phi) is 4.63. The molecule has 0 saturated heterocycles. The van der Waals surface area contributed by atoms with Crippen LogP contribution in [0.4, 0.5) is 5.69 Å². The summed E-state index contributed by atoms with van der Waals surface area (Å²) in [6.45, 7) is 1.76. The molecule has 0 aliphatic carbocycles. The Morgan fingerprint density at radius 1 is 1.35 bits per heavy atom. The Bertz CT molecular complexity index is 743. The second-order valence-corrected chi connectivity index (χ2v) is 8.62. The molecule has 0 unspecified atom stereocenters. The Hall–Kier alpha value is -0.760. The zero-order valence-corrected chi connectivity index (χ0v) is 14.6. The second-order valence-electron chi connectivity index (χ2n) is 3.93. The van der Waals surface area contributed by atoms with Gasteiger partial charge in [-0.3, -0.25) is 4.72 Å². The molecule has 8 heteroatoms. The number of ether oxygens (including phenoxy) is 1. The summed E-state index contributed by atoms with van der Waals surface area (Å²) in [6, 6.07) is 6.28. The van der Waals surface area contributed by atoms with Crippen LogP contribution in [0.2, 0.25) is 5.02 Å². The van der Waals surface area contributed by atoms with Crippen LogP contribution in [0.15, 0.2) is 32.9 Å². The van der Waals surface area contributed by atoms with E-state index in [2.05, 4.69) is 20.7 Å². The highest BCUT2D eigenvalue weighted by Crippen LogP contribution is 2.32. The van der Waals surface area contributed by atoms with Gasteiger partial charge in [-0.2, -0.15) is 0 Å². The number of benzene rings is 1. The number of nitrogens with one attached hydrogen (secondary N) is 1. The van der Waals surface area contributed by atoms with Gasteiger partial charge in [-0.25, -0.2) is 8.42 Å². The number of aryl methyl sites for hydroxylation is 1. The Balaban J connectivity index is 2.36. The van der Waals surface area contributed by atoms with Crippen molar-refractivity contribution in [3.8, 4) is 5.75 Å². The average Bonchev–Trinajstić information content (AvgIpc) is 2.71. The number of halogens is 2. The normalized spacial score (nSPS) is 11.4. The third-order valence-corrected chi connectivity index (χ3v) is 6.04. The van der Waals surface area contributed by atoms with E-state index < -0.39 is 10.0 Å². The average molecular weight is 397 g/mol. The Morgan fingerprint density at radius 2 is 2.05 bits per heavy atom. The number of anilines is 1. The van der Waals surface area contributed by atoms with Crippen molar-refractivity contribution in [1.82, 2.24) is 0 Å². The van der Waals surface area contributed by atoms with Gasteiger partial charge in [0, 0.05) is 10.9 Å². The molecule has 0 fully saturated rings. The third kappa shape index (κ3) is 3.28. The number of thiophene rings is 1. The van der Waals surface area contributed by atoms with Crippen LogP contribution in [0.5, 0.6) is 5.75 Å². The minimum atomic E-state index is -3.63. The molecule has 0 spiro atoms. The molecule has 1 aromatic carbocycles. The molecular weight excluding hydrogens is 386 g/mol. The summed E-state index contributed by atoms with van der Waals surface area (Å²) in [5, 5.41) is 0.421. The predicted octanol–water partition coefficient (Wildman–Crippen LogP) is 4.28. The smallest absolute Gasteiger partial charge is 0.263 e. The molecule has 4 nitrogen and oxygen atoms in total. The van der Waals surface area contributed by atoms with E-state index in [4.69, 9.17) is 16.3 Å². The maximum atomic E-state index is 12.3. The molecule has 1 heterocycles. The van der Waals surface area contributed by atoms with Gasteiger partial charge in [0.25, 0.3) is 10.0 Å². The van der Waals surface area contributed by atoms with E-state index in [1.165, 1.54) is 24.5 Å². The van der Waals surface area contributed by atoms with Crippen molar-refractivity contribution < 1.29 is 13.2 Å². The largest absolute Gasteiger partial charge is 0.495 e. The summed E-state index contributed by atoms with van der Waals surface area (Å²) in [5.74, 6) is 0.412. The van der Waals surface area contributed by atoms with Crippen LogP contribution >= 0.6 is 38.9 Å². The molecule has 0 atom stereocenters. The fraction of sp³-hybridized carbons (Fsp3) is 0.167. The summed E-state index contributed by atoms with van der Waals surface area (Å²) in [6.07, 6.45) is 0. The van der Waals surface area contributed by atoms with Crippen LogP contribution < -0.4 is 9.46 Å². The van der Waals surface area contributed by atoms with Crippen molar-refractivity contribution in [2.45, 2.75) is 11.8 Å². The zero-order chi connectivity index (χ0) is 14.9. The quantitative estimate of drug-likeness (QED) is 0.839. The van der Waals surface area contributed by atoms with Crippen LogP contribution in [-0.2, 0) is 10.0 Å². The first kappa shape index (κ1) is 15.6. The van der Waals surface area contributed by atoms with Gasteiger partial charge in [0.05, 0.1) is 21.6 Å². The first-order valence-corrected chi connectivity index (χ1v) is 8.93. The lowest BCUT2D eigenvalue weighted by Crippen LogP contribution is -2.13. The van der Waals surface area contributed by atoms with Crippen molar-refractivity contribution >= 4 is 54.6 Å². The van der Waals surface area contributed by atoms with Gasteiger partial charge in [-0.05, 0) is 41.1 Å². The van der Waals surface area contributed by atoms with Crippen LogP contribution in [0.25, 0.3) is 0 Å². The van der Waals surface area contributed by atoms with E-state index in [0.717, 1.165) is 3.79 Å². The van der Waals surface area contributed by atoms with Crippen LogP contribution in [0.1, 0.15) is 4.88 Å². The van der Waals surface area contributed by atoms with E-state index >= 15 is 0 Å². The van der Waals surface area contributed by atoms with Gasteiger partial charge in [0.15, 0.2) is 0 Å². The number of hydrogen-bond acceptors (Lipinski definition) is 4. The number of hydrogen-bond donors (Lipinski definition) is 1. The molecule has 0 amide bonds. The summed E-state index contributed by atoms with van der Waals surface area (Å²) in [5.41, 5.74) is 0.396. The van der Waals surface area contributed by atoms with Crippen molar-refractivity contribution in [1.29, 1.82) is 0 Å². The van der Waals surface area contributed by atoms with E-state index in [0.29, 0.717) is 21.3 Å². The van der Waals surface area contributed by atoms with Gasteiger partial charge in [0.1, 0.15) is 10.6 Å². The molecular formula is C12H11BrClNO3S2. The van der Waals surface area contributed by atoms with Gasteiger partial charge >= 0.3 is 0 Å². The van der Waals surface area contributed by atoms with Crippen LogP contribution in [0, 0.1) is 6.92 Å². The molecule has 0 saturated carbocycles. The lowest BCUT2D eigenvalue weighted by Gasteiger charge is -2.10. The van der Waals surface area contributed by atoms with Crippen molar-refractivity contribution in [2.24, 2.45) is 0 Å². The molecule has 0 bridgehead atoms. The van der Waals surface area contributed by atoms with Crippen molar-refractivity contribution in [3.63, 3.8) is 0 Å². The Morgan fingerprint density at radius 3 is 2.60 bits per heavy atom. The SMILES string of the molecule is COc1cc(NS(=O)(=O)c2cc(Br)sc2C)ccc1Cl. The third-order valence-electron chi connectivity index (χ3n) is 2.54. The first-order chi connectivity index (χ1) is 9.33. The highest BCUT2D eigenvalue weighted by atomic mass is 79.9. The summed E-state index contributed by atoms with van der Waals surface area (Å²) >= 11 is 10.6. The maximum Gasteiger partial charge on any atom is 0.263 e. The molecule has 0 aliphatic heterocycles. The summed E-state index contributed by atoms with van der Waals surface area (Å²) < 4.78 is 33.0. The fourth-order valence-corrected chi connectivity index (χ4v) is 5.29. The minimum Gasteiger partial charge on any atom is -0.495 e. The lowest BCUT2D eigenvalue weighted by atomic mass is 10.3. The van der Waals surface area contributed by atoms with Crippen LogP contribution in [-0.4, -0.2) is 15.5 Å². The second kappa shape index (κ2) is 5.93. The van der Waals surface area contributed by atoms with E-state index in [-0.39, 0.29) is 4.90 Å². The lowest BCUT2D eigenvalue weighted by molar-refractivity contribution is 0.415. The van der Waals surface area contributed by atoms with Gasteiger partial charge in [0.2, 0.25) is 0 Å². The molecule has 1 N–H and O–H groups in total. The van der Waals surface area contributed by atoms with Crippen molar-refractivity contribution in [2.75, 3.05) is 11.8 Å². The molecule has 1 aromatic heterocycles. The fourth-order valence-electron chi connectivity index (χ4n) is 1.63. The minimum absolute atomic E-state index is 0.253. The zero-order valence-electron chi connectivity index (χ0n) is 10.6. The molecule has 0 aliphatic rings. The van der Waals surface area contributed by atoms with Gasteiger partial charge in [-0.1, -0.05) is 11.6 Å². The molecule has 2 rings (SSSR count). The molecule has 2 aromatic rings. The molecule has 0 radical (unpaired) electrons. The monoisotopic (exact) mass is 395 g/mol. The van der Waals surface area contributed by atoms with Gasteiger partial charge in [-0.15, -0.1) is 11.3 Å². The Labute approximate surface area is 134 Å². The van der Waals surface area contributed by atoms with Crippen LogP contribution in [0.3, 0.4) is 0 Å². The van der Waals surface area contributed by atoms with Crippen molar-refractivity contribution in [3.05, 3.63) is 38.0 Å². The predicted molar refractivity (Wildman–Crippen MR) is 85.6 cm³/mol. The maximum absolute atomic E-state index is 12.3. The van der Waals surface area contributed by atoms with E-state index in [1.807, 2.05) is 0 Å². The van der Waals surface area contributed by atoms with E-state index in [1.54, 1.807) is 25.1 Å². The summed E-state index contributed by atoms with van der Waals surface area (Å²) in [4.78, 5) is 0.966. The number of sulfonamides is 1. The molecule has 20 heavy (non-hydrogen) atoms. The van der Waals surface area contributed by atoms with E-state index in [9.17, 15) is 8.42 Å². The topological polar surface area (TPSA) is 55.4 Å². The summed E-state index contributed by atoms with van der Waals surface area (Å²) in [7, 11) is -2.16. The standard InChI is InChI=1S/C12H11BrClNO3S2/c1-7-11(6-12(13)19-7)20(16,17)15-8-3-4-9(14)10(5-8)18-2/h3-6,15H,1-2H3. The number of rotatable bonds is 4. The molecule has 108 valence electrons.